The maximum atomic E-state index is 5.87. The fourth-order valence-corrected chi connectivity index (χ4v) is 4.69. The second kappa shape index (κ2) is 26.0. The van der Waals surface area contributed by atoms with Crippen molar-refractivity contribution in [3.8, 4) is 0 Å². The molecule has 0 fully saturated rings. The van der Waals surface area contributed by atoms with Crippen LogP contribution in [0.5, 0.6) is 0 Å². The quantitative estimate of drug-likeness (QED) is 0.149. The van der Waals surface area contributed by atoms with Crippen LogP contribution in [0.25, 0.3) is 0 Å². The Balaban J connectivity index is 3.38. The third-order valence-electron chi connectivity index (χ3n) is 6.76. The minimum atomic E-state index is 0.889. The fourth-order valence-electron chi connectivity index (χ4n) is 4.69. The molecule has 1 nitrogen and oxygen atoms in total. The predicted octanol–water partition coefficient (Wildman–Crippen LogP) is 9.96. The third kappa shape index (κ3) is 24.1. The van der Waals surface area contributed by atoms with E-state index in [0.717, 1.165) is 12.5 Å². The smallest absolute Gasteiger partial charge is 0.00746 e. The molecule has 0 saturated carbocycles. The van der Waals surface area contributed by atoms with E-state index < -0.39 is 0 Å². The molecule has 0 radical (unpaired) electrons. The molecule has 0 aromatic heterocycles. The summed E-state index contributed by atoms with van der Waals surface area (Å²) in [6.07, 6.45) is 34.6. The Hall–Kier alpha value is -0.0400. The Kier molecular flexibility index (Phi) is 26.0. The molecule has 1 heteroatoms. The maximum absolute atomic E-state index is 5.87. The van der Waals surface area contributed by atoms with E-state index in [-0.39, 0.29) is 0 Å². The van der Waals surface area contributed by atoms with E-state index in [0.29, 0.717) is 0 Å². The Morgan fingerprint density at radius 2 is 0.655 bits per heavy atom. The summed E-state index contributed by atoms with van der Waals surface area (Å²) < 4.78 is 0. The molecule has 176 valence electrons. The van der Waals surface area contributed by atoms with Crippen molar-refractivity contribution in [3.63, 3.8) is 0 Å². The van der Waals surface area contributed by atoms with Crippen molar-refractivity contribution in [1.82, 2.24) is 0 Å². The summed E-state index contributed by atoms with van der Waals surface area (Å²) in [5, 5.41) is 0. The van der Waals surface area contributed by atoms with Crippen molar-refractivity contribution in [2.45, 2.75) is 168 Å². The molecule has 0 bridgehead atoms. The highest BCUT2D eigenvalue weighted by Crippen LogP contribution is 2.22. The van der Waals surface area contributed by atoms with Gasteiger partial charge in [0.1, 0.15) is 0 Å². The zero-order valence-electron chi connectivity index (χ0n) is 20.8. The second-order valence-electron chi connectivity index (χ2n) is 9.74. The van der Waals surface area contributed by atoms with Crippen LogP contribution in [0.2, 0.25) is 0 Å². The van der Waals surface area contributed by atoms with Gasteiger partial charge < -0.3 is 5.73 Å². The SMILES string of the molecule is CCCCCCCCCCCCCCCC(CCN)CCCCCCCCCC. The largest absolute Gasteiger partial charge is 0.330 e. The van der Waals surface area contributed by atoms with Crippen LogP contribution < -0.4 is 5.73 Å². The Morgan fingerprint density at radius 3 is 0.931 bits per heavy atom. The summed E-state index contributed by atoms with van der Waals surface area (Å²) in [6.45, 7) is 5.49. The highest BCUT2D eigenvalue weighted by atomic mass is 14.5. The molecule has 0 aliphatic rings. The first-order chi connectivity index (χ1) is 14.3. The van der Waals surface area contributed by atoms with Gasteiger partial charge in [0.2, 0.25) is 0 Å². The van der Waals surface area contributed by atoms with Gasteiger partial charge in [-0.2, -0.15) is 0 Å². The van der Waals surface area contributed by atoms with Crippen LogP contribution in [-0.4, -0.2) is 6.54 Å². The highest BCUT2D eigenvalue weighted by molar-refractivity contribution is 4.62. The van der Waals surface area contributed by atoms with Crippen LogP contribution in [0.3, 0.4) is 0 Å². The molecule has 0 heterocycles. The van der Waals surface area contributed by atoms with Crippen molar-refractivity contribution in [1.29, 1.82) is 0 Å². The lowest BCUT2D eigenvalue weighted by Gasteiger charge is -2.16. The monoisotopic (exact) mass is 409 g/mol. The molecule has 0 aliphatic carbocycles. The van der Waals surface area contributed by atoms with Crippen molar-refractivity contribution in [2.24, 2.45) is 11.7 Å². The fraction of sp³-hybridized carbons (Fsp3) is 1.00. The minimum absolute atomic E-state index is 0.889. The molecule has 0 aliphatic heterocycles. The van der Waals surface area contributed by atoms with E-state index in [4.69, 9.17) is 5.73 Å². The van der Waals surface area contributed by atoms with Crippen LogP contribution >= 0.6 is 0 Å². The maximum Gasteiger partial charge on any atom is -0.00746 e. The lowest BCUT2D eigenvalue weighted by atomic mass is 9.91. The molecular weight excluding hydrogens is 350 g/mol. The van der Waals surface area contributed by atoms with E-state index in [9.17, 15) is 0 Å². The van der Waals surface area contributed by atoms with Crippen molar-refractivity contribution in [3.05, 3.63) is 0 Å². The van der Waals surface area contributed by atoms with Crippen LogP contribution in [0, 0.1) is 5.92 Å². The molecule has 1 atom stereocenters. The molecule has 0 aromatic carbocycles. The number of rotatable bonds is 25. The van der Waals surface area contributed by atoms with Crippen LogP contribution in [-0.2, 0) is 0 Å². The van der Waals surface area contributed by atoms with Gasteiger partial charge in [-0.15, -0.1) is 0 Å². The van der Waals surface area contributed by atoms with Gasteiger partial charge in [-0.25, -0.2) is 0 Å². The molecule has 1 unspecified atom stereocenters. The van der Waals surface area contributed by atoms with Crippen LogP contribution in [0.1, 0.15) is 168 Å². The van der Waals surface area contributed by atoms with Gasteiger partial charge in [-0.3, -0.25) is 0 Å². The Bertz CT molecular complexity index is 275. The zero-order valence-corrected chi connectivity index (χ0v) is 20.8. The van der Waals surface area contributed by atoms with Gasteiger partial charge >= 0.3 is 0 Å². The molecule has 0 rings (SSSR count). The zero-order chi connectivity index (χ0) is 21.3. The average molecular weight is 410 g/mol. The number of hydrogen-bond acceptors (Lipinski definition) is 1. The van der Waals surface area contributed by atoms with Gasteiger partial charge in [0.15, 0.2) is 0 Å². The van der Waals surface area contributed by atoms with Crippen molar-refractivity contribution in [2.75, 3.05) is 6.54 Å². The van der Waals surface area contributed by atoms with E-state index in [1.165, 1.54) is 154 Å². The summed E-state index contributed by atoms with van der Waals surface area (Å²) in [6, 6.07) is 0. The Labute approximate surface area is 186 Å². The average Bonchev–Trinajstić information content (AvgIpc) is 2.73. The summed E-state index contributed by atoms with van der Waals surface area (Å²) >= 11 is 0. The number of hydrogen-bond donors (Lipinski definition) is 1. The van der Waals surface area contributed by atoms with E-state index in [1.807, 2.05) is 0 Å². The Morgan fingerprint density at radius 1 is 0.379 bits per heavy atom. The molecule has 0 spiro atoms. The van der Waals surface area contributed by atoms with Crippen molar-refractivity contribution < 1.29 is 0 Å². The normalized spacial score (nSPS) is 12.5. The van der Waals surface area contributed by atoms with Gasteiger partial charge in [0.25, 0.3) is 0 Å². The lowest BCUT2D eigenvalue weighted by Crippen LogP contribution is -2.09. The van der Waals surface area contributed by atoms with Crippen LogP contribution in [0.15, 0.2) is 0 Å². The highest BCUT2D eigenvalue weighted by Gasteiger charge is 2.07. The molecule has 29 heavy (non-hydrogen) atoms. The first kappa shape index (κ1) is 29.0. The molecule has 0 amide bonds. The van der Waals surface area contributed by atoms with Crippen LogP contribution in [0.4, 0.5) is 0 Å². The third-order valence-corrected chi connectivity index (χ3v) is 6.76. The van der Waals surface area contributed by atoms with E-state index in [1.54, 1.807) is 0 Å². The summed E-state index contributed by atoms with van der Waals surface area (Å²) in [4.78, 5) is 0. The second-order valence-corrected chi connectivity index (χ2v) is 9.74. The summed E-state index contributed by atoms with van der Waals surface area (Å²) in [5.74, 6) is 0.910. The number of nitrogens with two attached hydrogens (primary N) is 1. The summed E-state index contributed by atoms with van der Waals surface area (Å²) in [7, 11) is 0. The minimum Gasteiger partial charge on any atom is -0.330 e. The van der Waals surface area contributed by atoms with E-state index >= 15 is 0 Å². The first-order valence-corrected chi connectivity index (χ1v) is 14.0. The summed E-state index contributed by atoms with van der Waals surface area (Å²) in [5.41, 5.74) is 5.87. The van der Waals surface area contributed by atoms with Gasteiger partial charge in [0.05, 0.1) is 0 Å². The van der Waals surface area contributed by atoms with Gasteiger partial charge in [-0.05, 0) is 18.9 Å². The van der Waals surface area contributed by atoms with Crippen molar-refractivity contribution >= 4 is 0 Å². The predicted molar refractivity (Wildman–Crippen MR) is 135 cm³/mol. The van der Waals surface area contributed by atoms with E-state index in [2.05, 4.69) is 13.8 Å². The molecule has 0 saturated heterocycles. The molecular formula is C28H59N. The number of unbranched alkanes of at least 4 members (excludes halogenated alkanes) is 19. The standard InChI is InChI=1S/C28H59N/c1-3-5-7-9-11-13-14-15-16-17-19-21-23-25-28(26-27-29)24-22-20-18-12-10-8-6-4-2/h28H,3-27,29H2,1-2H3. The van der Waals surface area contributed by atoms with Gasteiger partial charge in [0, 0.05) is 0 Å². The first-order valence-electron chi connectivity index (χ1n) is 14.0. The van der Waals surface area contributed by atoms with Gasteiger partial charge in [-0.1, -0.05) is 162 Å². The molecule has 0 aromatic rings. The lowest BCUT2D eigenvalue weighted by molar-refractivity contribution is 0.384. The molecule has 2 N–H and O–H groups in total. The topological polar surface area (TPSA) is 26.0 Å².